The molecule has 0 fully saturated rings. The number of para-hydroxylation sites is 2. The minimum absolute atomic E-state index is 0.0842. The smallest absolute Gasteiger partial charge is 0.0776 e. The fraction of sp³-hybridized carbons (Fsp3) is 0.163. The van der Waals surface area contributed by atoms with Gasteiger partial charge in [-0.15, -0.1) is 0 Å². The Labute approximate surface area is 272 Å². The van der Waals surface area contributed by atoms with Crippen molar-refractivity contribution in [1.29, 1.82) is 0 Å². The van der Waals surface area contributed by atoms with Crippen molar-refractivity contribution in [2.45, 2.75) is 45.8 Å². The van der Waals surface area contributed by atoms with Crippen LogP contribution in [0.25, 0.3) is 66.1 Å². The molecule has 46 heavy (non-hydrogen) atoms. The highest BCUT2D eigenvalue weighted by molar-refractivity contribution is 6.88. The van der Waals surface area contributed by atoms with Gasteiger partial charge >= 0.3 is 0 Å². The first-order chi connectivity index (χ1) is 22.1. The van der Waals surface area contributed by atoms with Crippen molar-refractivity contribution in [3.8, 4) is 22.5 Å². The quantitative estimate of drug-likeness (QED) is 0.175. The van der Waals surface area contributed by atoms with Crippen LogP contribution in [0.2, 0.25) is 19.6 Å². The van der Waals surface area contributed by atoms with Crippen molar-refractivity contribution in [2.24, 2.45) is 0 Å². The molecule has 0 amide bonds. The van der Waals surface area contributed by atoms with Crippen LogP contribution < -0.4 is 5.19 Å². The van der Waals surface area contributed by atoms with Crippen molar-refractivity contribution in [3.05, 3.63) is 139 Å². The molecule has 0 spiro atoms. The lowest BCUT2D eigenvalue weighted by atomic mass is 9.87. The Hall–Kier alpha value is -4.86. The van der Waals surface area contributed by atoms with Gasteiger partial charge in [0.1, 0.15) is 0 Å². The SMILES string of the molecule is CC(C)(C)c1cccc(-n2c3ccccc3c3cc(-c4ccc5c(c4)c4ccccc4n5-c4cccc([Si](C)(C)C)c4)ccc32)c1. The Bertz CT molecular complexity index is 2270. The zero-order chi connectivity index (χ0) is 31.8. The molecule has 0 N–H and O–H groups in total. The van der Waals surface area contributed by atoms with E-state index in [2.05, 4.69) is 183 Å². The number of hydrogen-bond donors (Lipinski definition) is 0. The minimum Gasteiger partial charge on any atom is -0.309 e. The summed E-state index contributed by atoms with van der Waals surface area (Å²) >= 11 is 0. The van der Waals surface area contributed by atoms with E-state index < -0.39 is 8.07 Å². The lowest BCUT2D eigenvalue weighted by molar-refractivity contribution is 0.590. The van der Waals surface area contributed by atoms with E-state index in [9.17, 15) is 0 Å². The first kappa shape index (κ1) is 28.6. The van der Waals surface area contributed by atoms with E-state index in [1.54, 1.807) is 0 Å². The molecular weight excluding hydrogens is 573 g/mol. The Balaban J connectivity index is 1.31. The highest BCUT2D eigenvalue weighted by Gasteiger charge is 2.20. The molecule has 0 saturated heterocycles. The summed E-state index contributed by atoms with van der Waals surface area (Å²) in [5, 5.41) is 6.60. The van der Waals surface area contributed by atoms with Crippen LogP contribution in [0.1, 0.15) is 26.3 Å². The van der Waals surface area contributed by atoms with Gasteiger partial charge in [-0.3, -0.25) is 0 Å². The number of hydrogen-bond acceptors (Lipinski definition) is 0. The van der Waals surface area contributed by atoms with E-state index in [1.165, 1.54) is 76.9 Å². The van der Waals surface area contributed by atoms with Crippen LogP contribution in [0.3, 0.4) is 0 Å². The zero-order valence-electron chi connectivity index (χ0n) is 27.6. The van der Waals surface area contributed by atoms with Gasteiger partial charge < -0.3 is 9.13 Å². The molecule has 2 nitrogen and oxygen atoms in total. The maximum atomic E-state index is 2.45. The van der Waals surface area contributed by atoms with Gasteiger partial charge in [-0.25, -0.2) is 0 Å². The molecule has 3 heteroatoms. The van der Waals surface area contributed by atoms with Gasteiger partial charge in [-0.05, 0) is 82.8 Å². The molecule has 0 radical (unpaired) electrons. The monoisotopic (exact) mass is 612 g/mol. The normalized spacial score (nSPS) is 12.6. The lowest BCUT2D eigenvalue weighted by Gasteiger charge is -2.20. The summed E-state index contributed by atoms with van der Waals surface area (Å²) in [4.78, 5) is 0. The standard InChI is InChI=1S/C43H40N2Si/c1-43(2,3)31-13-11-14-32(27-31)44-39-19-9-7-17-35(39)37-25-29(21-23-41(37)44)30-22-24-42-38(26-30)36-18-8-10-20-40(36)45(42)33-15-12-16-34(28-33)46(4,5)6/h7-28H,1-6H3. The van der Waals surface area contributed by atoms with E-state index in [4.69, 9.17) is 0 Å². The average molecular weight is 613 g/mol. The van der Waals surface area contributed by atoms with Gasteiger partial charge in [0, 0.05) is 32.9 Å². The molecule has 0 aliphatic carbocycles. The van der Waals surface area contributed by atoms with Crippen molar-refractivity contribution in [1.82, 2.24) is 9.13 Å². The van der Waals surface area contributed by atoms with Gasteiger partial charge in [0.25, 0.3) is 0 Å². The molecule has 8 aromatic rings. The zero-order valence-corrected chi connectivity index (χ0v) is 28.6. The molecule has 0 bridgehead atoms. The van der Waals surface area contributed by atoms with E-state index >= 15 is 0 Å². The number of fused-ring (bicyclic) bond motifs is 6. The van der Waals surface area contributed by atoms with Crippen molar-refractivity contribution >= 4 is 56.9 Å². The molecule has 8 rings (SSSR count). The fourth-order valence-electron chi connectivity index (χ4n) is 7.08. The Morgan fingerprint density at radius 3 is 1.43 bits per heavy atom. The summed E-state index contributed by atoms with van der Waals surface area (Å²) in [7, 11) is -1.45. The largest absolute Gasteiger partial charge is 0.309 e. The maximum Gasteiger partial charge on any atom is 0.0776 e. The second-order valence-electron chi connectivity index (χ2n) is 14.8. The summed E-state index contributed by atoms with van der Waals surface area (Å²) in [6.45, 7) is 14.1. The number of rotatable bonds is 4. The van der Waals surface area contributed by atoms with Crippen molar-refractivity contribution in [3.63, 3.8) is 0 Å². The van der Waals surface area contributed by atoms with Crippen LogP contribution in [0, 0.1) is 0 Å². The molecular formula is C43H40N2Si. The van der Waals surface area contributed by atoms with Crippen molar-refractivity contribution in [2.75, 3.05) is 0 Å². The maximum absolute atomic E-state index is 2.45. The third kappa shape index (κ3) is 4.61. The minimum atomic E-state index is -1.45. The number of nitrogens with zero attached hydrogens (tertiary/aromatic N) is 2. The molecule has 0 unspecified atom stereocenters. The van der Waals surface area contributed by atoms with Crippen LogP contribution in [-0.2, 0) is 5.41 Å². The summed E-state index contributed by atoms with van der Waals surface area (Å²) in [6, 6.07) is 49.9. The molecule has 226 valence electrons. The Morgan fingerprint density at radius 1 is 0.435 bits per heavy atom. The highest BCUT2D eigenvalue weighted by atomic mass is 28.3. The van der Waals surface area contributed by atoms with Crippen molar-refractivity contribution < 1.29 is 0 Å². The third-order valence-corrected chi connectivity index (χ3v) is 11.7. The summed E-state index contributed by atoms with van der Waals surface area (Å²) in [6.07, 6.45) is 0. The molecule has 2 aromatic heterocycles. The predicted molar refractivity (Wildman–Crippen MR) is 202 cm³/mol. The highest BCUT2D eigenvalue weighted by Crippen LogP contribution is 2.38. The van der Waals surface area contributed by atoms with E-state index in [0.717, 1.165) is 0 Å². The van der Waals surface area contributed by atoms with Gasteiger partial charge in [0.15, 0.2) is 0 Å². The van der Waals surface area contributed by atoms with Crippen LogP contribution >= 0.6 is 0 Å². The van der Waals surface area contributed by atoms with E-state index in [0.29, 0.717) is 0 Å². The van der Waals surface area contributed by atoms with E-state index in [1.807, 2.05) is 0 Å². The molecule has 0 aliphatic heterocycles. The van der Waals surface area contributed by atoms with Crippen LogP contribution in [0.5, 0.6) is 0 Å². The second kappa shape index (κ2) is 10.3. The summed E-state index contributed by atoms with van der Waals surface area (Å²) in [5.41, 5.74) is 11.3. The average Bonchev–Trinajstić information content (AvgIpc) is 3.56. The first-order valence-corrected chi connectivity index (χ1v) is 19.9. The first-order valence-electron chi connectivity index (χ1n) is 16.4. The predicted octanol–water partition coefficient (Wildman–Crippen LogP) is 11.4. The summed E-state index contributed by atoms with van der Waals surface area (Å²) < 4.78 is 4.87. The third-order valence-electron chi connectivity index (χ3n) is 9.62. The molecule has 0 aliphatic rings. The van der Waals surface area contributed by atoms with Gasteiger partial charge in [0.05, 0.1) is 30.1 Å². The van der Waals surface area contributed by atoms with Gasteiger partial charge in [-0.2, -0.15) is 0 Å². The summed E-state index contributed by atoms with van der Waals surface area (Å²) in [5.74, 6) is 0. The Kier molecular flexibility index (Phi) is 6.42. The van der Waals surface area contributed by atoms with Gasteiger partial charge in [0.2, 0.25) is 0 Å². The molecule has 0 atom stereocenters. The number of aromatic nitrogens is 2. The van der Waals surface area contributed by atoms with Crippen LogP contribution in [0.4, 0.5) is 0 Å². The second-order valence-corrected chi connectivity index (χ2v) is 19.8. The fourth-order valence-corrected chi connectivity index (χ4v) is 8.26. The topological polar surface area (TPSA) is 9.86 Å². The van der Waals surface area contributed by atoms with Crippen LogP contribution in [0.15, 0.2) is 133 Å². The van der Waals surface area contributed by atoms with Gasteiger partial charge in [-0.1, -0.05) is 118 Å². The molecule has 2 heterocycles. The Morgan fingerprint density at radius 2 is 0.913 bits per heavy atom. The molecule has 0 saturated carbocycles. The number of benzene rings is 6. The van der Waals surface area contributed by atoms with Crippen LogP contribution in [-0.4, -0.2) is 17.2 Å². The molecule has 6 aromatic carbocycles. The van der Waals surface area contributed by atoms with E-state index in [-0.39, 0.29) is 5.41 Å². The lowest BCUT2D eigenvalue weighted by Crippen LogP contribution is -2.37.